The Bertz CT molecular complexity index is 941. The third-order valence-corrected chi connectivity index (χ3v) is 3.98. The van der Waals surface area contributed by atoms with E-state index in [2.05, 4.69) is 15.6 Å². The summed E-state index contributed by atoms with van der Waals surface area (Å²) in [5.74, 6) is 1.17. The molecule has 0 aliphatic heterocycles. The quantitative estimate of drug-likeness (QED) is 0.582. The molecule has 1 aromatic heterocycles. The highest BCUT2D eigenvalue weighted by Gasteiger charge is 2.07. The molecule has 3 aromatic rings. The van der Waals surface area contributed by atoms with E-state index in [4.69, 9.17) is 4.74 Å². The minimum absolute atomic E-state index is 0.0272. The van der Waals surface area contributed by atoms with Crippen molar-refractivity contribution in [1.82, 2.24) is 10.3 Å². The standard InChI is InChI=1S/C22H21N3O3/c1-2-21(26)20-14-19(12-13-23-20)28-18-10-8-16(9-11-18)15-24-22(27)25-17-6-4-3-5-7-17/h3-14H,2,15H2,1H3,(H2,24,25,27). The van der Waals surface area contributed by atoms with Gasteiger partial charge in [-0.25, -0.2) is 4.79 Å². The Kier molecular flexibility index (Phi) is 6.36. The summed E-state index contributed by atoms with van der Waals surface area (Å²) < 4.78 is 5.78. The summed E-state index contributed by atoms with van der Waals surface area (Å²) in [5.41, 5.74) is 2.07. The number of ether oxygens (including phenoxy) is 1. The Labute approximate surface area is 163 Å². The number of anilines is 1. The molecule has 0 saturated heterocycles. The van der Waals surface area contributed by atoms with Gasteiger partial charge in [0.2, 0.25) is 0 Å². The first-order chi connectivity index (χ1) is 13.6. The monoisotopic (exact) mass is 375 g/mol. The van der Waals surface area contributed by atoms with Crippen molar-refractivity contribution >= 4 is 17.5 Å². The normalized spacial score (nSPS) is 10.2. The van der Waals surface area contributed by atoms with Gasteiger partial charge >= 0.3 is 6.03 Å². The van der Waals surface area contributed by atoms with Gasteiger partial charge in [-0.1, -0.05) is 37.3 Å². The number of benzene rings is 2. The molecule has 0 aliphatic carbocycles. The molecule has 0 spiro atoms. The van der Waals surface area contributed by atoms with Gasteiger partial charge in [-0.05, 0) is 35.9 Å². The average Bonchev–Trinajstić information content (AvgIpc) is 2.73. The summed E-state index contributed by atoms with van der Waals surface area (Å²) in [4.78, 5) is 27.7. The van der Waals surface area contributed by atoms with Gasteiger partial charge in [0, 0.05) is 30.9 Å². The number of nitrogens with one attached hydrogen (secondary N) is 2. The fourth-order valence-electron chi connectivity index (χ4n) is 2.50. The van der Waals surface area contributed by atoms with E-state index in [1.54, 1.807) is 25.3 Å². The number of aromatic nitrogens is 1. The molecule has 3 rings (SSSR count). The van der Waals surface area contributed by atoms with Gasteiger partial charge in [0.1, 0.15) is 17.2 Å². The zero-order chi connectivity index (χ0) is 19.8. The number of ketones is 1. The Hall–Kier alpha value is -3.67. The van der Waals surface area contributed by atoms with Crippen LogP contribution in [-0.4, -0.2) is 16.8 Å². The fourth-order valence-corrected chi connectivity index (χ4v) is 2.50. The first-order valence-corrected chi connectivity index (χ1v) is 9.00. The first kappa shape index (κ1) is 19.1. The molecule has 0 fully saturated rings. The van der Waals surface area contributed by atoms with Gasteiger partial charge < -0.3 is 15.4 Å². The topological polar surface area (TPSA) is 80.3 Å². The van der Waals surface area contributed by atoms with Crippen LogP contribution in [0.25, 0.3) is 0 Å². The molecular weight excluding hydrogens is 354 g/mol. The van der Waals surface area contributed by atoms with Crippen LogP contribution < -0.4 is 15.4 Å². The molecule has 142 valence electrons. The van der Waals surface area contributed by atoms with Crippen molar-refractivity contribution in [3.05, 3.63) is 84.2 Å². The van der Waals surface area contributed by atoms with E-state index in [1.165, 1.54) is 0 Å². The van der Waals surface area contributed by atoms with Crippen LogP contribution in [0.1, 0.15) is 29.4 Å². The molecule has 0 atom stereocenters. The zero-order valence-electron chi connectivity index (χ0n) is 15.5. The number of para-hydroxylation sites is 1. The van der Waals surface area contributed by atoms with E-state index in [1.807, 2.05) is 54.6 Å². The lowest BCUT2D eigenvalue weighted by atomic mass is 10.2. The highest BCUT2D eigenvalue weighted by Crippen LogP contribution is 2.22. The van der Waals surface area contributed by atoms with Gasteiger partial charge in [0.25, 0.3) is 0 Å². The predicted molar refractivity (Wildman–Crippen MR) is 108 cm³/mol. The fraction of sp³-hybridized carbons (Fsp3) is 0.136. The van der Waals surface area contributed by atoms with Gasteiger partial charge in [-0.15, -0.1) is 0 Å². The summed E-state index contributed by atoms with van der Waals surface area (Å²) in [5, 5.41) is 5.57. The van der Waals surface area contributed by atoms with Crippen molar-refractivity contribution in [2.45, 2.75) is 19.9 Å². The molecule has 2 aromatic carbocycles. The maximum atomic E-state index is 11.9. The first-order valence-electron chi connectivity index (χ1n) is 9.00. The predicted octanol–water partition coefficient (Wildman–Crippen LogP) is 4.79. The minimum Gasteiger partial charge on any atom is -0.457 e. The van der Waals surface area contributed by atoms with E-state index >= 15 is 0 Å². The number of nitrogens with zero attached hydrogens (tertiary/aromatic N) is 1. The van der Waals surface area contributed by atoms with Crippen molar-refractivity contribution in [3.8, 4) is 11.5 Å². The maximum absolute atomic E-state index is 11.9. The molecule has 0 aliphatic rings. The van der Waals surface area contributed by atoms with Crippen molar-refractivity contribution in [2.75, 3.05) is 5.32 Å². The van der Waals surface area contributed by atoms with Crippen molar-refractivity contribution < 1.29 is 14.3 Å². The molecule has 0 radical (unpaired) electrons. The lowest BCUT2D eigenvalue weighted by molar-refractivity contribution is 0.0983. The second-order valence-electron chi connectivity index (χ2n) is 6.07. The number of hydrogen-bond acceptors (Lipinski definition) is 4. The molecular formula is C22H21N3O3. The van der Waals surface area contributed by atoms with Crippen LogP contribution in [-0.2, 0) is 6.54 Å². The Morgan fingerprint density at radius 2 is 1.71 bits per heavy atom. The third-order valence-electron chi connectivity index (χ3n) is 3.98. The number of rotatable bonds is 7. The smallest absolute Gasteiger partial charge is 0.319 e. The molecule has 0 saturated carbocycles. The molecule has 2 amide bonds. The second-order valence-corrected chi connectivity index (χ2v) is 6.07. The Morgan fingerprint density at radius 3 is 2.43 bits per heavy atom. The van der Waals surface area contributed by atoms with Crippen molar-refractivity contribution in [1.29, 1.82) is 0 Å². The summed E-state index contributed by atoms with van der Waals surface area (Å²) in [7, 11) is 0. The van der Waals surface area contributed by atoms with E-state index in [9.17, 15) is 9.59 Å². The minimum atomic E-state index is -0.267. The number of pyridine rings is 1. The number of hydrogen-bond donors (Lipinski definition) is 2. The Balaban J connectivity index is 1.53. The van der Waals surface area contributed by atoms with Gasteiger partial charge in [-0.2, -0.15) is 0 Å². The van der Waals surface area contributed by atoms with Crippen LogP contribution in [0.2, 0.25) is 0 Å². The van der Waals surface area contributed by atoms with Crippen molar-refractivity contribution in [3.63, 3.8) is 0 Å². The number of urea groups is 1. The van der Waals surface area contributed by atoms with E-state index < -0.39 is 0 Å². The summed E-state index contributed by atoms with van der Waals surface area (Å²) in [6.07, 6.45) is 1.96. The Morgan fingerprint density at radius 1 is 0.964 bits per heavy atom. The van der Waals surface area contributed by atoms with Crippen LogP contribution in [0.3, 0.4) is 0 Å². The van der Waals surface area contributed by atoms with Crippen LogP contribution in [0.4, 0.5) is 10.5 Å². The van der Waals surface area contributed by atoms with Gasteiger partial charge in [0.15, 0.2) is 5.78 Å². The van der Waals surface area contributed by atoms with E-state index in [0.717, 1.165) is 11.3 Å². The number of carbonyl (C=O) groups is 2. The molecule has 2 N–H and O–H groups in total. The number of Topliss-reactive ketones (excluding diaryl/α,β-unsaturated/α-hetero) is 1. The molecule has 1 heterocycles. The average molecular weight is 375 g/mol. The molecule has 0 bridgehead atoms. The molecule has 0 unspecified atom stereocenters. The molecule has 28 heavy (non-hydrogen) atoms. The largest absolute Gasteiger partial charge is 0.457 e. The van der Waals surface area contributed by atoms with Crippen LogP contribution in [0.5, 0.6) is 11.5 Å². The maximum Gasteiger partial charge on any atom is 0.319 e. The third kappa shape index (κ3) is 5.41. The van der Waals surface area contributed by atoms with Gasteiger partial charge in [0.05, 0.1) is 0 Å². The molecule has 6 nitrogen and oxygen atoms in total. The van der Waals surface area contributed by atoms with E-state index in [-0.39, 0.29) is 11.8 Å². The van der Waals surface area contributed by atoms with Crippen LogP contribution in [0, 0.1) is 0 Å². The number of carbonyl (C=O) groups excluding carboxylic acids is 2. The lowest BCUT2D eigenvalue weighted by Crippen LogP contribution is -2.28. The molecule has 6 heteroatoms. The summed E-state index contributed by atoms with van der Waals surface area (Å²) in [6, 6.07) is 19.7. The SMILES string of the molecule is CCC(=O)c1cc(Oc2ccc(CNC(=O)Nc3ccccc3)cc2)ccn1. The van der Waals surface area contributed by atoms with Crippen LogP contribution >= 0.6 is 0 Å². The lowest BCUT2D eigenvalue weighted by Gasteiger charge is -2.09. The zero-order valence-corrected chi connectivity index (χ0v) is 15.5. The second kappa shape index (κ2) is 9.32. The summed E-state index contributed by atoms with van der Waals surface area (Å²) >= 11 is 0. The van der Waals surface area contributed by atoms with Gasteiger partial charge in [-0.3, -0.25) is 9.78 Å². The van der Waals surface area contributed by atoms with Crippen molar-refractivity contribution in [2.24, 2.45) is 0 Å². The van der Waals surface area contributed by atoms with E-state index in [0.29, 0.717) is 30.2 Å². The highest BCUT2D eigenvalue weighted by atomic mass is 16.5. The highest BCUT2D eigenvalue weighted by molar-refractivity contribution is 5.94. The summed E-state index contributed by atoms with van der Waals surface area (Å²) in [6.45, 7) is 2.19. The van der Waals surface area contributed by atoms with Crippen LogP contribution in [0.15, 0.2) is 72.9 Å². The number of amides is 2.